The van der Waals surface area contributed by atoms with E-state index in [0.29, 0.717) is 30.4 Å². The first kappa shape index (κ1) is 29.8. The number of unbranched alkanes of at least 4 members (excludes halogenated alkanes) is 6. The van der Waals surface area contributed by atoms with Gasteiger partial charge in [-0.1, -0.05) is 77.4 Å². The standard InChI is InChI=1S/C34H48O4/c1-3-5-7-8-10-26-36-31-20-18-30(19-21-31)34(35)38-33-24-22-32(23-25-33)37-27-11-13-29-16-14-28(15-17-29)12-9-6-4-2/h11,13,18-25,28-29H,3-10,12,14-17,26-27H2,1-2H3/b13-11+/t28-,29-. The zero-order chi connectivity index (χ0) is 26.8. The first-order valence-electron chi connectivity index (χ1n) is 15.0. The predicted molar refractivity (Wildman–Crippen MR) is 156 cm³/mol. The average molecular weight is 521 g/mol. The van der Waals surface area contributed by atoms with E-state index >= 15 is 0 Å². The largest absolute Gasteiger partial charge is 0.494 e. The number of esters is 1. The van der Waals surface area contributed by atoms with Crippen LogP contribution in [0.25, 0.3) is 0 Å². The molecule has 1 aliphatic carbocycles. The predicted octanol–water partition coefficient (Wildman–Crippen LogP) is 9.58. The van der Waals surface area contributed by atoms with Gasteiger partial charge in [0.05, 0.1) is 12.2 Å². The van der Waals surface area contributed by atoms with E-state index in [0.717, 1.165) is 23.8 Å². The number of rotatable bonds is 17. The zero-order valence-electron chi connectivity index (χ0n) is 23.7. The monoisotopic (exact) mass is 520 g/mol. The molecule has 2 aromatic rings. The molecule has 2 aromatic carbocycles. The minimum atomic E-state index is -0.382. The van der Waals surface area contributed by atoms with E-state index in [1.54, 1.807) is 24.3 Å². The van der Waals surface area contributed by atoms with E-state index in [4.69, 9.17) is 14.2 Å². The summed E-state index contributed by atoms with van der Waals surface area (Å²) < 4.78 is 17.2. The van der Waals surface area contributed by atoms with Crippen LogP contribution < -0.4 is 14.2 Å². The van der Waals surface area contributed by atoms with Gasteiger partial charge in [0.15, 0.2) is 0 Å². The van der Waals surface area contributed by atoms with Crippen LogP contribution in [0.3, 0.4) is 0 Å². The quantitative estimate of drug-likeness (QED) is 0.0901. The molecule has 1 fully saturated rings. The molecule has 38 heavy (non-hydrogen) atoms. The van der Waals surface area contributed by atoms with Gasteiger partial charge in [0, 0.05) is 0 Å². The number of carbonyl (C=O) groups is 1. The fourth-order valence-electron chi connectivity index (χ4n) is 5.10. The van der Waals surface area contributed by atoms with E-state index in [1.807, 2.05) is 24.3 Å². The number of ether oxygens (including phenoxy) is 3. The normalized spacial score (nSPS) is 17.4. The van der Waals surface area contributed by atoms with Gasteiger partial charge >= 0.3 is 5.97 Å². The van der Waals surface area contributed by atoms with E-state index in [-0.39, 0.29) is 5.97 Å². The number of hydrogen-bond acceptors (Lipinski definition) is 4. The Hall–Kier alpha value is -2.75. The van der Waals surface area contributed by atoms with Gasteiger partial charge < -0.3 is 14.2 Å². The molecule has 0 bridgehead atoms. The molecule has 0 aliphatic heterocycles. The van der Waals surface area contributed by atoms with Crippen molar-refractivity contribution in [1.82, 2.24) is 0 Å². The fraction of sp³-hybridized carbons (Fsp3) is 0.559. The molecule has 0 aromatic heterocycles. The van der Waals surface area contributed by atoms with E-state index in [9.17, 15) is 4.79 Å². The first-order valence-corrected chi connectivity index (χ1v) is 15.0. The maximum absolute atomic E-state index is 12.5. The molecular formula is C34H48O4. The highest BCUT2D eigenvalue weighted by Gasteiger charge is 2.18. The summed E-state index contributed by atoms with van der Waals surface area (Å²) in [4.78, 5) is 12.5. The minimum Gasteiger partial charge on any atom is -0.494 e. The average Bonchev–Trinajstić information content (AvgIpc) is 2.95. The summed E-state index contributed by atoms with van der Waals surface area (Å²) in [5.74, 6) is 3.30. The molecule has 0 radical (unpaired) electrons. The zero-order valence-corrected chi connectivity index (χ0v) is 23.7. The summed E-state index contributed by atoms with van der Waals surface area (Å²) in [6.45, 7) is 5.76. The molecule has 0 heterocycles. The van der Waals surface area contributed by atoms with Crippen LogP contribution in [0.5, 0.6) is 17.2 Å². The van der Waals surface area contributed by atoms with E-state index in [1.165, 1.54) is 77.0 Å². The highest BCUT2D eigenvalue weighted by Crippen LogP contribution is 2.32. The fourth-order valence-corrected chi connectivity index (χ4v) is 5.10. The summed E-state index contributed by atoms with van der Waals surface area (Å²) >= 11 is 0. The third-order valence-corrected chi connectivity index (χ3v) is 7.50. The Labute approximate surface area is 230 Å². The number of allylic oxidation sites excluding steroid dienone is 1. The lowest BCUT2D eigenvalue weighted by Crippen LogP contribution is -2.13. The Morgan fingerprint density at radius 3 is 2.05 bits per heavy atom. The van der Waals surface area contributed by atoms with Crippen molar-refractivity contribution in [3.63, 3.8) is 0 Å². The molecule has 4 nitrogen and oxygen atoms in total. The van der Waals surface area contributed by atoms with Crippen molar-refractivity contribution in [2.45, 2.75) is 97.3 Å². The summed E-state index contributed by atoms with van der Waals surface area (Å²) in [6.07, 6.45) is 21.4. The first-order chi connectivity index (χ1) is 18.7. The van der Waals surface area contributed by atoms with Crippen LogP contribution in [0.2, 0.25) is 0 Å². The highest BCUT2D eigenvalue weighted by molar-refractivity contribution is 5.91. The van der Waals surface area contributed by atoms with Crippen molar-refractivity contribution < 1.29 is 19.0 Å². The maximum Gasteiger partial charge on any atom is 0.343 e. The van der Waals surface area contributed by atoms with Crippen molar-refractivity contribution in [2.24, 2.45) is 11.8 Å². The molecule has 0 amide bonds. The van der Waals surface area contributed by atoms with Crippen molar-refractivity contribution in [1.29, 1.82) is 0 Å². The number of benzene rings is 2. The summed E-state index contributed by atoms with van der Waals surface area (Å²) in [5.41, 5.74) is 0.501. The lowest BCUT2D eigenvalue weighted by Gasteiger charge is -2.26. The highest BCUT2D eigenvalue weighted by atomic mass is 16.5. The third kappa shape index (κ3) is 11.3. The Kier molecular flexibility index (Phi) is 13.9. The molecule has 208 valence electrons. The third-order valence-electron chi connectivity index (χ3n) is 7.50. The van der Waals surface area contributed by atoms with Crippen molar-refractivity contribution in [2.75, 3.05) is 13.2 Å². The molecule has 0 unspecified atom stereocenters. The van der Waals surface area contributed by atoms with Crippen LogP contribution in [0.4, 0.5) is 0 Å². The van der Waals surface area contributed by atoms with Crippen LogP contribution in [0.1, 0.15) is 108 Å². The summed E-state index contributed by atoms with van der Waals surface area (Å²) in [5, 5.41) is 0. The van der Waals surface area contributed by atoms with Crippen LogP contribution in [0.15, 0.2) is 60.7 Å². The molecule has 0 saturated heterocycles. The smallest absolute Gasteiger partial charge is 0.343 e. The van der Waals surface area contributed by atoms with Gasteiger partial charge in [0.1, 0.15) is 23.9 Å². The second-order valence-electron chi connectivity index (χ2n) is 10.7. The maximum atomic E-state index is 12.5. The number of carbonyl (C=O) groups excluding carboxylic acids is 1. The van der Waals surface area contributed by atoms with Crippen LogP contribution in [0, 0.1) is 11.8 Å². The summed E-state index contributed by atoms with van der Waals surface area (Å²) in [7, 11) is 0. The molecule has 0 N–H and O–H groups in total. The van der Waals surface area contributed by atoms with E-state index in [2.05, 4.69) is 26.0 Å². The summed E-state index contributed by atoms with van der Waals surface area (Å²) in [6, 6.07) is 14.4. The van der Waals surface area contributed by atoms with Crippen LogP contribution in [-0.2, 0) is 0 Å². The van der Waals surface area contributed by atoms with Gasteiger partial charge in [0.25, 0.3) is 0 Å². The van der Waals surface area contributed by atoms with E-state index < -0.39 is 0 Å². The Bertz CT molecular complexity index is 924. The van der Waals surface area contributed by atoms with Crippen LogP contribution >= 0.6 is 0 Å². The van der Waals surface area contributed by atoms with Crippen molar-refractivity contribution in [3.8, 4) is 17.2 Å². The Morgan fingerprint density at radius 1 is 0.737 bits per heavy atom. The van der Waals surface area contributed by atoms with Gasteiger partial charge in [0.2, 0.25) is 0 Å². The molecular weight excluding hydrogens is 472 g/mol. The van der Waals surface area contributed by atoms with Gasteiger partial charge in [-0.3, -0.25) is 0 Å². The Morgan fingerprint density at radius 2 is 1.34 bits per heavy atom. The van der Waals surface area contributed by atoms with Gasteiger partial charge in [-0.25, -0.2) is 4.79 Å². The molecule has 0 atom stereocenters. The van der Waals surface area contributed by atoms with Gasteiger partial charge in [-0.15, -0.1) is 0 Å². The SMILES string of the molecule is CCCCCCCOc1ccc(C(=O)Oc2ccc(OC/C=C/[C@H]3CC[C@H](CCCCC)CC3)cc2)cc1. The lowest BCUT2D eigenvalue weighted by atomic mass is 9.79. The van der Waals surface area contributed by atoms with Crippen LogP contribution in [-0.4, -0.2) is 19.2 Å². The second-order valence-corrected chi connectivity index (χ2v) is 10.7. The molecule has 3 rings (SSSR count). The van der Waals surface area contributed by atoms with Gasteiger partial charge in [-0.2, -0.15) is 0 Å². The lowest BCUT2D eigenvalue weighted by molar-refractivity contribution is 0.0734. The second kappa shape index (κ2) is 17.7. The topological polar surface area (TPSA) is 44.8 Å². The number of hydrogen-bond donors (Lipinski definition) is 0. The molecule has 4 heteroatoms. The van der Waals surface area contributed by atoms with Gasteiger partial charge in [-0.05, 0) is 92.5 Å². The molecule has 1 saturated carbocycles. The Balaban J connectivity index is 1.32. The molecule has 1 aliphatic rings. The van der Waals surface area contributed by atoms with Crippen molar-refractivity contribution >= 4 is 5.97 Å². The van der Waals surface area contributed by atoms with Crippen molar-refractivity contribution in [3.05, 3.63) is 66.2 Å². The molecule has 0 spiro atoms. The minimum absolute atomic E-state index is 0.382.